The van der Waals surface area contributed by atoms with Crippen molar-refractivity contribution >= 4 is 35.2 Å². The van der Waals surface area contributed by atoms with Gasteiger partial charge in [-0.25, -0.2) is 0 Å². The summed E-state index contributed by atoms with van der Waals surface area (Å²) in [5.41, 5.74) is 6.48. The number of primary amides is 1. The SMILES string of the molecule is NC(=O)COc1ccc(NC(=O)/C=C/c2ccc(Cl)cc2)cc1. The van der Waals surface area contributed by atoms with Crippen LogP contribution in [0.3, 0.4) is 0 Å². The molecule has 0 heterocycles. The van der Waals surface area contributed by atoms with Crippen molar-refractivity contribution in [2.45, 2.75) is 0 Å². The lowest BCUT2D eigenvalue weighted by Crippen LogP contribution is -2.20. The number of rotatable bonds is 6. The van der Waals surface area contributed by atoms with Crippen molar-refractivity contribution in [2.24, 2.45) is 5.73 Å². The topological polar surface area (TPSA) is 81.4 Å². The van der Waals surface area contributed by atoms with Gasteiger partial charge in [-0.3, -0.25) is 9.59 Å². The summed E-state index contributed by atoms with van der Waals surface area (Å²) in [6.07, 6.45) is 3.12. The van der Waals surface area contributed by atoms with E-state index in [1.807, 2.05) is 12.1 Å². The van der Waals surface area contributed by atoms with Crippen molar-refractivity contribution in [1.82, 2.24) is 0 Å². The smallest absolute Gasteiger partial charge is 0.255 e. The van der Waals surface area contributed by atoms with Crippen molar-refractivity contribution in [3.8, 4) is 5.75 Å². The number of carbonyl (C=O) groups excluding carboxylic acids is 2. The first-order chi connectivity index (χ1) is 11.0. The lowest BCUT2D eigenvalue weighted by atomic mass is 10.2. The summed E-state index contributed by atoms with van der Waals surface area (Å²) < 4.78 is 5.13. The monoisotopic (exact) mass is 330 g/mol. The van der Waals surface area contributed by atoms with Gasteiger partial charge in [-0.2, -0.15) is 0 Å². The Morgan fingerprint density at radius 3 is 2.35 bits per heavy atom. The Labute approximate surface area is 138 Å². The molecule has 0 aliphatic carbocycles. The summed E-state index contributed by atoms with van der Waals surface area (Å²) in [5, 5.41) is 3.36. The van der Waals surface area contributed by atoms with Gasteiger partial charge < -0.3 is 15.8 Å². The quantitative estimate of drug-likeness (QED) is 0.799. The molecule has 0 aliphatic heterocycles. The predicted octanol–water partition coefficient (Wildman–Crippen LogP) is 2.86. The largest absolute Gasteiger partial charge is 0.484 e. The average Bonchev–Trinajstić information content (AvgIpc) is 2.53. The number of nitrogens with one attached hydrogen (secondary N) is 1. The number of benzene rings is 2. The van der Waals surface area contributed by atoms with E-state index in [4.69, 9.17) is 22.1 Å². The number of ether oxygens (including phenoxy) is 1. The third-order valence-corrected chi connectivity index (χ3v) is 3.05. The molecular weight excluding hydrogens is 316 g/mol. The molecule has 0 atom stereocenters. The Balaban J connectivity index is 1.89. The van der Waals surface area contributed by atoms with Crippen molar-refractivity contribution in [1.29, 1.82) is 0 Å². The molecular formula is C17H15ClN2O3. The zero-order chi connectivity index (χ0) is 16.7. The molecule has 0 aliphatic rings. The first-order valence-electron chi connectivity index (χ1n) is 6.79. The molecule has 0 fully saturated rings. The van der Waals surface area contributed by atoms with Crippen LogP contribution in [0, 0.1) is 0 Å². The first kappa shape index (κ1) is 16.6. The second-order valence-electron chi connectivity index (χ2n) is 4.65. The van der Waals surface area contributed by atoms with Crippen LogP contribution >= 0.6 is 11.6 Å². The third kappa shape index (κ3) is 5.84. The normalized spacial score (nSPS) is 10.5. The number of anilines is 1. The second kappa shape index (κ2) is 8.00. The molecule has 5 nitrogen and oxygen atoms in total. The van der Waals surface area contributed by atoms with Crippen LogP contribution in [0.2, 0.25) is 5.02 Å². The molecule has 0 saturated heterocycles. The van der Waals surface area contributed by atoms with Crippen LogP contribution in [0.5, 0.6) is 5.75 Å². The Morgan fingerprint density at radius 2 is 1.74 bits per heavy atom. The third-order valence-electron chi connectivity index (χ3n) is 2.80. The number of hydrogen-bond acceptors (Lipinski definition) is 3. The van der Waals surface area contributed by atoms with Gasteiger partial charge in [-0.1, -0.05) is 23.7 Å². The molecule has 0 aromatic heterocycles. The molecule has 0 saturated carbocycles. The lowest BCUT2D eigenvalue weighted by molar-refractivity contribution is -0.120. The highest BCUT2D eigenvalue weighted by molar-refractivity contribution is 6.30. The zero-order valence-electron chi connectivity index (χ0n) is 12.2. The molecule has 3 N–H and O–H groups in total. The minimum Gasteiger partial charge on any atom is -0.484 e. The number of hydrogen-bond donors (Lipinski definition) is 2. The second-order valence-corrected chi connectivity index (χ2v) is 5.09. The molecule has 0 spiro atoms. The maximum atomic E-state index is 11.8. The van der Waals surface area contributed by atoms with E-state index >= 15 is 0 Å². The van der Waals surface area contributed by atoms with Crippen LogP contribution in [0.25, 0.3) is 6.08 Å². The molecule has 6 heteroatoms. The van der Waals surface area contributed by atoms with E-state index in [2.05, 4.69) is 5.32 Å². The van der Waals surface area contributed by atoms with E-state index in [-0.39, 0.29) is 12.5 Å². The van der Waals surface area contributed by atoms with Crippen LogP contribution in [0.4, 0.5) is 5.69 Å². The van der Waals surface area contributed by atoms with Crippen LogP contribution in [0.1, 0.15) is 5.56 Å². The number of halogens is 1. The highest BCUT2D eigenvalue weighted by atomic mass is 35.5. The molecule has 2 rings (SSSR count). The molecule has 0 unspecified atom stereocenters. The summed E-state index contributed by atoms with van der Waals surface area (Å²) in [6.45, 7) is -0.185. The minimum absolute atomic E-state index is 0.185. The van der Waals surface area contributed by atoms with E-state index < -0.39 is 5.91 Å². The van der Waals surface area contributed by atoms with Gasteiger partial charge in [0, 0.05) is 16.8 Å². The molecule has 0 radical (unpaired) electrons. The summed E-state index contributed by atoms with van der Waals surface area (Å²) in [5.74, 6) is -0.307. The van der Waals surface area contributed by atoms with E-state index in [1.165, 1.54) is 6.08 Å². The van der Waals surface area contributed by atoms with E-state index in [1.54, 1.807) is 42.5 Å². The number of nitrogens with two attached hydrogens (primary N) is 1. The maximum absolute atomic E-state index is 11.8. The van der Waals surface area contributed by atoms with E-state index in [0.717, 1.165) is 5.56 Å². The van der Waals surface area contributed by atoms with Gasteiger partial charge in [0.05, 0.1) is 0 Å². The Hall–Kier alpha value is -2.79. The van der Waals surface area contributed by atoms with Crippen LogP contribution in [0.15, 0.2) is 54.6 Å². The van der Waals surface area contributed by atoms with Gasteiger partial charge in [-0.15, -0.1) is 0 Å². The summed E-state index contributed by atoms with van der Waals surface area (Å²) in [6, 6.07) is 13.8. The van der Waals surface area contributed by atoms with Gasteiger partial charge in [0.25, 0.3) is 5.91 Å². The van der Waals surface area contributed by atoms with Crippen molar-refractivity contribution in [3.63, 3.8) is 0 Å². The van der Waals surface area contributed by atoms with Crippen LogP contribution in [-0.4, -0.2) is 18.4 Å². The van der Waals surface area contributed by atoms with Crippen LogP contribution in [-0.2, 0) is 9.59 Å². The van der Waals surface area contributed by atoms with Gasteiger partial charge in [0.1, 0.15) is 5.75 Å². The van der Waals surface area contributed by atoms with Gasteiger partial charge in [-0.05, 0) is 48.0 Å². The summed E-state index contributed by atoms with van der Waals surface area (Å²) in [7, 11) is 0. The molecule has 2 aromatic rings. The van der Waals surface area contributed by atoms with Crippen molar-refractivity contribution < 1.29 is 14.3 Å². The predicted molar refractivity (Wildman–Crippen MR) is 90.2 cm³/mol. The average molecular weight is 331 g/mol. The fraction of sp³-hybridized carbons (Fsp3) is 0.0588. The van der Waals surface area contributed by atoms with Gasteiger partial charge in [0.2, 0.25) is 5.91 Å². The number of carbonyl (C=O) groups is 2. The number of amides is 2. The molecule has 2 aromatic carbocycles. The Kier molecular flexibility index (Phi) is 5.77. The summed E-state index contributed by atoms with van der Waals surface area (Å²) in [4.78, 5) is 22.5. The fourth-order valence-electron chi connectivity index (χ4n) is 1.72. The highest BCUT2D eigenvalue weighted by Gasteiger charge is 2.00. The molecule has 2 amide bonds. The Morgan fingerprint density at radius 1 is 1.09 bits per heavy atom. The minimum atomic E-state index is -0.547. The summed E-state index contributed by atoms with van der Waals surface area (Å²) >= 11 is 5.79. The Bertz CT molecular complexity index is 710. The molecule has 23 heavy (non-hydrogen) atoms. The fourth-order valence-corrected chi connectivity index (χ4v) is 1.84. The highest BCUT2D eigenvalue weighted by Crippen LogP contribution is 2.16. The first-order valence-corrected chi connectivity index (χ1v) is 7.16. The lowest BCUT2D eigenvalue weighted by Gasteiger charge is -2.05. The van der Waals surface area contributed by atoms with Gasteiger partial charge >= 0.3 is 0 Å². The molecule has 118 valence electrons. The zero-order valence-corrected chi connectivity index (χ0v) is 12.9. The standard InChI is InChI=1S/C17H15ClN2O3/c18-13-4-1-12(2-5-13)3-10-17(22)20-14-6-8-15(9-7-14)23-11-16(19)21/h1-10H,11H2,(H2,19,21)(H,20,22)/b10-3+. The van der Waals surface area contributed by atoms with Crippen molar-refractivity contribution in [2.75, 3.05) is 11.9 Å². The molecule has 0 bridgehead atoms. The van der Waals surface area contributed by atoms with Crippen LogP contribution < -0.4 is 15.8 Å². The van der Waals surface area contributed by atoms with Crippen molar-refractivity contribution in [3.05, 3.63) is 65.2 Å². The maximum Gasteiger partial charge on any atom is 0.255 e. The van der Waals surface area contributed by atoms with Gasteiger partial charge in [0.15, 0.2) is 6.61 Å². The van der Waals surface area contributed by atoms with E-state index in [9.17, 15) is 9.59 Å². The van der Waals surface area contributed by atoms with E-state index in [0.29, 0.717) is 16.5 Å².